The van der Waals surface area contributed by atoms with Crippen LogP contribution in [0.4, 0.5) is 0 Å². The van der Waals surface area contributed by atoms with Crippen LogP contribution in [0.15, 0.2) is 53.1 Å². The van der Waals surface area contributed by atoms with Crippen LogP contribution in [0.2, 0.25) is 0 Å². The lowest BCUT2D eigenvalue weighted by Crippen LogP contribution is -2.15. The van der Waals surface area contributed by atoms with Crippen LogP contribution in [0.3, 0.4) is 0 Å². The summed E-state index contributed by atoms with van der Waals surface area (Å²) in [5.41, 5.74) is 1.27. The molecule has 0 bridgehead atoms. The van der Waals surface area contributed by atoms with Crippen molar-refractivity contribution >= 4 is 0 Å². The Kier molecular flexibility index (Phi) is 2.97. The Morgan fingerprint density at radius 3 is 2.47 bits per heavy atom. The lowest BCUT2D eigenvalue weighted by atomic mass is 9.97. The van der Waals surface area contributed by atoms with Crippen molar-refractivity contribution in [2.75, 3.05) is 0 Å². The molecule has 1 aliphatic rings. The first kappa shape index (κ1) is 10.6. The van der Waals surface area contributed by atoms with Gasteiger partial charge in [0, 0.05) is 0 Å². The molecule has 1 aliphatic heterocycles. The van der Waals surface area contributed by atoms with Crippen LogP contribution < -0.4 is 0 Å². The second kappa shape index (κ2) is 4.76. The second-order valence-corrected chi connectivity index (χ2v) is 4.47. The van der Waals surface area contributed by atoms with Crippen molar-refractivity contribution in [2.45, 2.75) is 31.5 Å². The minimum Gasteiger partial charge on any atom is -0.467 e. The number of hydrogen-bond donors (Lipinski definition) is 0. The van der Waals surface area contributed by atoms with Gasteiger partial charge < -0.3 is 9.15 Å². The number of rotatable bonds is 2. The van der Waals surface area contributed by atoms with Crippen molar-refractivity contribution < 1.29 is 9.15 Å². The normalized spacial score (nSPS) is 24.7. The molecule has 0 saturated carbocycles. The standard InChI is InChI=1S/C15H16O2/c1-2-6-12(7-3-1)13-8-4-9-15(17-13)14-10-5-11-16-14/h1-3,5-7,10-11,13,15H,4,8-9H2/t13-,15+/m0/s1. The molecule has 3 rings (SSSR count). The molecule has 0 aliphatic carbocycles. The summed E-state index contributed by atoms with van der Waals surface area (Å²) in [6.07, 6.45) is 5.37. The van der Waals surface area contributed by atoms with Crippen LogP contribution in [0.25, 0.3) is 0 Å². The van der Waals surface area contributed by atoms with Gasteiger partial charge in [0.05, 0.1) is 12.4 Å². The maximum absolute atomic E-state index is 6.12. The van der Waals surface area contributed by atoms with E-state index in [0.29, 0.717) is 0 Å². The summed E-state index contributed by atoms with van der Waals surface area (Å²) in [5, 5.41) is 0. The highest BCUT2D eigenvalue weighted by Gasteiger charge is 2.26. The minimum atomic E-state index is 0.115. The van der Waals surface area contributed by atoms with E-state index in [1.165, 1.54) is 12.0 Å². The monoisotopic (exact) mass is 228 g/mol. The maximum Gasteiger partial charge on any atom is 0.132 e. The second-order valence-electron chi connectivity index (χ2n) is 4.47. The Morgan fingerprint density at radius 1 is 0.882 bits per heavy atom. The van der Waals surface area contributed by atoms with E-state index in [1.807, 2.05) is 18.2 Å². The molecule has 1 aromatic carbocycles. The van der Waals surface area contributed by atoms with Gasteiger partial charge in [0.2, 0.25) is 0 Å². The number of ether oxygens (including phenoxy) is 1. The summed E-state index contributed by atoms with van der Waals surface area (Å²) in [6.45, 7) is 0. The van der Waals surface area contributed by atoms with E-state index in [4.69, 9.17) is 9.15 Å². The van der Waals surface area contributed by atoms with E-state index in [0.717, 1.165) is 18.6 Å². The van der Waals surface area contributed by atoms with Crippen LogP contribution in [0.5, 0.6) is 0 Å². The molecular weight excluding hydrogens is 212 g/mol. The largest absolute Gasteiger partial charge is 0.467 e. The van der Waals surface area contributed by atoms with Crippen molar-refractivity contribution in [1.29, 1.82) is 0 Å². The molecule has 88 valence electrons. The Morgan fingerprint density at radius 2 is 1.71 bits per heavy atom. The van der Waals surface area contributed by atoms with E-state index in [9.17, 15) is 0 Å². The first-order valence-electron chi connectivity index (χ1n) is 6.17. The van der Waals surface area contributed by atoms with Gasteiger partial charge in [-0.15, -0.1) is 0 Å². The molecule has 0 radical (unpaired) electrons. The summed E-state index contributed by atoms with van der Waals surface area (Å²) < 4.78 is 11.6. The topological polar surface area (TPSA) is 22.4 Å². The summed E-state index contributed by atoms with van der Waals surface area (Å²) in [4.78, 5) is 0. The van der Waals surface area contributed by atoms with E-state index >= 15 is 0 Å². The Balaban J connectivity index is 1.76. The fraction of sp³-hybridized carbons (Fsp3) is 0.333. The zero-order valence-corrected chi connectivity index (χ0v) is 9.71. The van der Waals surface area contributed by atoms with Crippen molar-refractivity contribution in [3.63, 3.8) is 0 Å². The molecule has 17 heavy (non-hydrogen) atoms. The molecule has 2 heterocycles. The molecule has 0 spiro atoms. The first-order chi connectivity index (χ1) is 8.43. The van der Waals surface area contributed by atoms with Gasteiger partial charge in [-0.1, -0.05) is 30.3 Å². The summed E-state index contributed by atoms with van der Waals surface area (Å²) in [5.74, 6) is 0.950. The Bertz CT molecular complexity index is 447. The molecule has 1 aromatic heterocycles. The van der Waals surface area contributed by atoms with Crippen molar-refractivity contribution in [1.82, 2.24) is 0 Å². The van der Waals surface area contributed by atoms with Gasteiger partial charge in [-0.05, 0) is 37.0 Å². The van der Waals surface area contributed by atoms with E-state index in [2.05, 4.69) is 24.3 Å². The summed E-state index contributed by atoms with van der Waals surface area (Å²) >= 11 is 0. The molecule has 1 saturated heterocycles. The molecule has 2 atom stereocenters. The summed E-state index contributed by atoms with van der Waals surface area (Å²) in [6, 6.07) is 14.4. The maximum atomic E-state index is 6.12. The van der Waals surface area contributed by atoms with Crippen LogP contribution in [-0.2, 0) is 4.74 Å². The quantitative estimate of drug-likeness (QED) is 0.766. The molecule has 0 unspecified atom stereocenters. The Labute approximate surface area is 101 Å². The number of benzene rings is 1. The van der Waals surface area contributed by atoms with Crippen molar-refractivity contribution in [3.8, 4) is 0 Å². The van der Waals surface area contributed by atoms with Gasteiger partial charge in [-0.2, -0.15) is 0 Å². The number of hydrogen-bond acceptors (Lipinski definition) is 2. The predicted octanol–water partition coefficient (Wildman–Crippen LogP) is 4.26. The molecule has 1 fully saturated rings. The fourth-order valence-corrected chi connectivity index (χ4v) is 2.42. The minimum absolute atomic E-state index is 0.115. The third-order valence-corrected chi connectivity index (χ3v) is 3.29. The lowest BCUT2D eigenvalue weighted by Gasteiger charge is -2.29. The lowest BCUT2D eigenvalue weighted by molar-refractivity contribution is -0.0629. The number of furan rings is 1. The Hall–Kier alpha value is -1.54. The smallest absolute Gasteiger partial charge is 0.132 e. The van der Waals surface area contributed by atoms with E-state index in [-0.39, 0.29) is 12.2 Å². The summed E-state index contributed by atoms with van der Waals surface area (Å²) in [7, 11) is 0. The van der Waals surface area contributed by atoms with Crippen molar-refractivity contribution in [2.24, 2.45) is 0 Å². The van der Waals surface area contributed by atoms with Gasteiger partial charge >= 0.3 is 0 Å². The fourth-order valence-electron chi connectivity index (χ4n) is 2.42. The highest BCUT2D eigenvalue weighted by Crippen LogP contribution is 2.38. The highest BCUT2D eigenvalue weighted by molar-refractivity contribution is 5.18. The van der Waals surface area contributed by atoms with Gasteiger partial charge in [0.25, 0.3) is 0 Å². The SMILES string of the molecule is c1ccc([C@@H]2CCC[C@H](c3ccco3)O2)cc1. The van der Waals surface area contributed by atoms with Crippen LogP contribution >= 0.6 is 0 Å². The zero-order valence-electron chi connectivity index (χ0n) is 9.71. The molecule has 2 aromatic rings. The molecule has 2 heteroatoms. The van der Waals surface area contributed by atoms with Crippen LogP contribution in [-0.4, -0.2) is 0 Å². The van der Waals surface area contributed by atoms with Crippen molar-refractivity contribution in [3.05, 3.63) is 60.1 Å². The molecular formula is C15H16O2. The van der Waals surface area contributed by atoms with Crippen LogP contribution in [0, 0.1) is 0 Å². The van der Waals surface area contributed by atoms with E-state index < -0.39 is 0 Å². The molecule has 0 N–H and O–H groups in total. The predicted molar refractivity (Wildman–Crippen MR) is 65.6 cm³/mol. The first-order valence-corrected chi connectivity index (χ1v) is 6.17. The van der Waals surface area contributed by atoms with Gasteiger partial charge in [0.1, 0.15) is 11.9 Å². The van der Waals surface area contributed by atoms with E-state index in [1.54, 1.807) is 6.26 Å². The zero-order chi connectivity index (χ0) is 11.5. The molecule has 2 nitrogen and oxygen atoms in total. The average molecular weight is 228 g/mol. The van der Waals surface area contributed by atoms with Gasteiger partial charge in [0.15, 0.2) is 0 Å². The van der Waals surface area contributed by atoms with Crippen LogP contribution in [0.1, 0.15) is 42.8 Å². The third kappa shape index (κ3) is 2.27. The molecule has 0 amide bonds. The average Bonchev–Trinajstić information content (AvgIpc) is 2.94. The third-order valence-electron chi connectivity index (χ3n) is 3.29. The van der Waals surface area contributed by atoms with Gasteiger partial charge in [-0.3, -0.25) is 0 Å². The van der Waals surface area contributed by atoms with Gasteiger partial charge in [-0.25, -0.2) is 0 Å². The highest BCUT2D eigenvalue weighted by atomic mass is 16.5.